The summed E-state index contributed by atoms with van der Waals surface area (Å²) in [5.41, 5.74) is 2.97. The fraction of sp³-hybridized carbons (Fsp3) is 0.250. The summed E-state index contributed by atoms with van der Waals surface area (Å²) in [7, 11) is -1.94. The van der Waals surface area contributed by atoms with Crippen molar-refractivity contribution in [2.24, 2.45) is 0 Å². The first kappa shape index (κ1) is 24.8. The maximum Gasteiger partial charge on any atom is 0.255 e. The number of carbonyl (C=O) groups is 1. The molecule has 5 rings (SSSR count). The molecule has 0 radical (unpaired) electrons. The van der Waals surface area contributed by atoms with E-state index >= 15 is 0 Å². The molecule has 37 heavy (non-hydrogen) atoms. The van der Waals surface area contributed by atoms with Crippen LogP contribution >= 0.6 is 0 Å². The number of nitrogens with one attached hydrogen (secondary N) is 1. The molecule has 1 saturated carbocycles. The Bertz CT molecular complexity index is 1570. The lowest BCUT2D eigenvalue weighted by molar-refractivity contribution is 0.0964. The Kier molecular flexibility index (Phi) is 6.41. The van der Waals surface area contributed by atoms with Gasteiger partial charge in [-0.1, -0.05) is 0 Å². The van der Waals surface area contributed by atoms with Crippen molar-refractivity contribution in [3.63, 3.8) is 0 Å². The summed E-state index contributed by atoms with van der Waals surface area (Å²) < 4.78 is 51.6. The molecule has 0 saturated heterocycles. The van der Waals surface area contributed by atoms with Crippen molar-refractivity contribution in [1.29, 1.82) is 0 Å². The lowest BCUT2D eigenvalue weighted by atomic mass is 10.0. The van der Waals surface area contributed by atoms with Crippen molar-refractivity contribution >= 4 is 32.6 Å². The first-order chi connectivity index (χ1) is 17.7. The molecule has 0 aliphatic heterocycles. The highest BCUT2D eigenvalue weighted by Gasteiger charge is 2.32. The zero-order valence-corrected chi connectivity index (χ0v) is 21.6. The maximum atomic E-state index is 13.2. The van der Waals surface area contributed by atoms with Crippen molar-refractivity contribution in [2.75, 3.05) is 24.2 Å². The minimum atomic E-state index is -3.50. The third-order valence-electron chi connectivity index (χ3n) is 6.43. The van der Waals surface area contributed by atoms with Gasteiger partial charge in [-0.15, -0.1) is 0 Å². The van der Waals surface area contributed by atoms with Gasteiger partial charge in [0.2, 0.25) is 10.0 Å². The van der Waals surface area contributed by atoms with Gasteiger partial charge in [-0.2, -0.15) is 0 Å². The summed E-state index contributed by atoms with van der Waals surface area (Å²) in [6, 6.07) is 16.4. The quantitative estimate of drug-likeness (QED) is 0.304. The number of rotatable bonds is 8. The van der Waals surface area contributed by atoms with Crippen LogP contribution in [0.2, 0.25) is 0 Å². The lowest BCUT2D eigenvalue weighted by Gasteiger charge is -2.23. The fourth-order valence-corrected chi connectivity index (χ4v) is 5.52. The van der Waals surface area contributed by atoms with Crippen molar-refractivity contribution in [3.05, 3.63) is 77.6 Å². The van der Waals surface area contributed by atoms with Crippen molar-refractivity contribution in [2.45, 2.75) is 25.7 Å². The number of hydrogen-bond donors (Lipinski definition) is 1. The average Bonchev–Trinajstić information content (AvgIpc) is 3.65. The molecule has 1 amide bonds. The second-order valence-electron chi connectivity index (χ2n) is 9.07. The molecule has 1 N–H and O–H groups in total. The first-order valence-electron chi connectivity index (χ1n) is 12.0. The average molecular weight is 523 g/mol. The molecule has 192 valence electrons. The van der Waals surface area contributed by atoms with Gasteiger partial charge < -0.3 is 14.5 Å². The molecule has 1 aliphatic carbocycles. The van der Waals surface area contributed by atoms with Crippen LogP contribution < -0.4 is 14.4 Å². The van der Waals surface area contributed by atoms with Gasteiger partial charge in [0, 0.05) is 30.6 Å². The van der Waals surface area contributed by atoms with Crippen LogP contribution in [0.1, 0.15) is 41.6 Å². The Morgan fingerprint density at radius 3 is 2.24 bits per heavy atom. The third kappa shape index (κ3) is 4.91. The number of anilines is 1. The normalized spacial score (nSPS) is 13.5. The van der Waals surface area contributed by atoms with Gasteiger partial charge >= 0.3 is 0 Å². The van der Waals surface area contributed by atoms with Gasteiger partial charge in [-0.3, -0.25) is 9.10 Å². The largest absolute Gasteiger partial charge is 0.457 e. The van der Waals surface area contributed by atoms with E-state index in [0.29, 0.717) is 45.0 Å². The number of hydrogen-bond acceptors (Lipinski definition) is 5. The number of benzene rings is 3. The third-order valence-corrected chi connectivity index (χ3v) is 7.69. The van der Waals surface area contributed by atoms with Crippen molar-refractivity contribution in [1.82, 2.24) is 5.32 Å². The Morgan fingerprint density at radius 2 is 1.70 bits per heavy atom. The summed E-state index contributed by atoms with van der Waals surface area (Å²) in [6.45, 7) is 2.08. The smallest absolute Gasteiger partial charge is 0.255 e. The molecular formula is C28H27FN2O5S. The minimum Gasteiger partial charge on any atom is -0.457 e. The predicted octanol–water partition coefficient (Wildman–Crippen LogP) is 6.05. The number of amides is 1. The van der Waals surface area contributed by atoms with Gasteiger partial charge in [-0.05, 0) is 85.8 Å². The highest BCUT2D eigenvalue weighted by Crippen LogP contribution is 2.48. The fourth-order valence-electron chi connectivity index (χ4n) is 4.54. The summed E-state index contributed by atoms with van der Waals surface area (Å²) in [5.74, 6) is 1.01. The van der Waals surface area contributed by atoms with E-state index in [0.717, 1.165) is 18.4 Å². The van der Waals surface area contributed by atoms with E-state index in [9.17, 15) is 17.6 Å². The maximum absolute atomic E-state index is 13.2. The molecule has 9 heteroatoms. The van der Waals surface area contributed by atoms with E-state index in [2.05, 4.69) is 5.32 Å². The van der Waals surface area contributed by atoms with Gasteiger partial charge in [0.05, 0.1) is 17.5 Å². The van der Waals surface area contributed by atoms with Gasteiger partial charge in [-0.25, -0.2) is 12.8 Å². The van der Waals surface area contributed by atoms with E-state index in [1.54, 1.807) is 44.3 Å². The van der Waals surface area contributed by atoms with Crippen molar-refractivity contribution in [3.8, 4) is 22.8 Å². The zero-order chi connectivity index (χ0) is 26.3. The SMILES string of the molecule is CCN(c1cc2oc(-c3ccc(Oc4ccc(F)cc4)cc3)c(C(=O)NC)c2cc1C1CC1)S(C)(=O)=O. The topological polar surface area (TPSA) is 88.8 Å². The number of nitrogens with zero attached hydrogens (tertiary/aromatic N) is 1. The summed E-state index contributed by atoms with van der Waals surface area (Å²) in [6.07, 6.45) is 3.13. The Morgan fingerprint density at radius 1 is 1.08 bits per heavy atom. The summed E-state index contributed by atoms with van der Waals surface area (Å²) in [4.78, 5) is 13.0. The number of furan rings is 1. The Hall–Kier alpha value is -3.85. The number of ether oxygens (including phenoxy) is 1. The van der Waals surface area contributed by atoms with Gasteiger partial charge in [0.15, 0.2) is 0 Å². The highest BCUT2D eigenvalue weighted by atomic mass is 32.2. The van der Waals surface area contributed by atoms with Crippen LogP contribution in [-0.4, -0.2) is 34.2 Å². The van der Waals surface area contributed by atoms with E-state index in [1.165, 1.54) is 34.8 Å². The molecule has 0 bridgehead atoms. The van der Waals surface area contributed by atoms with Crippen LogP contribution in [0.5, 0.6) is 11.5 Å². The van der Waals surface area contributed by atoms with E-state index in [4.69, 9.17) is 9.15 Å². The second kappa shape index (κ2) is 9.55. The summed E-state index contributed by atoms with van der Waals surface area (Å²) >= 11 is 0. The first-order valence-corrected chi connectivity index (χ1v) is 13.9. The van der Waals surface area contributed by atoms with Crippen LogP contribution in [0.25, 0.3) is 22.3 Å². The number of carbonyl (C=O) groups excluding carboxylic acids is 1. The molecule has 3 aromatic carbocycles. The molecule has 0 atom stereocenters. The Labute approximate surface area is 214 Å². The number of sulfonamides is 1. The second-order valence-corrected chi connectivity index (χ2v) is 11.0. The Balaban J connectivity index is 1.60. The summed E-state index contributed by atoms with van der Waals surface area (Å²) in [5, 5.41) is 3.33. The van der Waals surface area contributed by atoms with E-state index in [1.807, 2.05) is 6.07 Å². The van der Waals surface area contributed by atoms with Crippen LogP contribution in [0.3, 0.4) is 0 Å². The molecule has 1 fully saturated rings. The highest BCUT2D eigenvalue weighted by molar-refractivity contribution is 7.92. The molecule has 7 nitrogen and oxygen atoms in total. The van der Waals surface area contributed by atoms with Gasteiger partial charge in [0.1, 0.15) is 28.7 Å². The monoisotopic (exact) mass is 522 g/mol. The molecule has 0 spiro atoms. The van der Waals surface area contributed by atoms with Gasteiger partial charge in [0.25, 0.3) is 5.91 Å². The van der Waals surface area contributed by atoms with Crippen molar-refractivity contribution < 1.29 is 26.8 Å². The molecule has 0 unspecified atom stereocenters. The molecule has 4 aromatic rings. The number of fused-ring (bicyclic) bond motifs is 1. The molecule has 1 aliphatic rings. The van der Waals surface area contributed by atoms with Crippen LogP contribution in [0.15, 0.2) is 65.1 Å². The number of halogens is 1. The molecule has 1 heterocycles. The van der Waals surface area contributed by atoms with E-state index in [-0.39, 0.29) is 24.2 Å². The minimum absolute atomic E-state index is 0.244. The molecule has 1 aromatic heterocycles. The van der Waals surface area contributed by atoms with Crippen LogP contribution in [0.4, 0.5) is 10.1 Å². The zero-order valence-electron chi connectivity index (χ0n) is 20.7. The lowest BCUT2D eigenvalue weighted by Crippen LogP contribution is -2.30. The molecular weight excluding hydrogens is 495 g/mol. The predicted molar refractivity (Wildman–Crippen MR) is 141 cm³/mol. The van der Waals surface area contributed by atoms with Crippen LogP contribution in [-0.2, 0) is 10.0 Å². The van der Waals surface area contributed by atoms with E-state index < -0.39 is 10.0 Å². The standard InChI is InChI=1S/C28H27FN2O5S/c1-4-31(37(3,33)34)24-16-25-23(15-22(24)17-5-6-17)26(28(32)30-2)27(36-25)18-7-11-20(12-8-18)35-21-13-9-19(29)10-14-21/h7-17H,4-6H2,1-3H3,(H,30,32). The van der Waals surface area contributed by atoms with Crippen LogP contribution in [0, 0.1) is 5.82 Å².